The number of halogens is 1. The van der Waals surface area contributed by atoms with Crippen LogP contribution in [-0.4, -0.2) is 85.7 Å². The molecule has 0 spiro atoms. The standard InChI is InChI=1S/C21H26FN7O/c22-18-1-2-19(17(15-18)16-23)27-9-11-29(12-10-27)21-4-3-20(24-25-21)28-7-5-26(6-8-28)13-14-30/h1-4,15,30H,5-14H2. The van der Waals surface area contributed by atoms with E-state index in [2.05, 4.69) is 35.9 Å². The zero-order valence-electron chi connectivity index (χ0n) is 16.9. The van der Waals surface area contributed by atoms with Crippen LogP contribution in [0, 0.1) is 17.1 Å². The van der Waals surface area contributed by atoms with E-state index in [1.807, 2.05) is 12.1 Å². The molecule has 0 unspecified atom stereocenters. The molecule has 2 aliphatic heterocycles. The van der Waals surface area contributed by atoms with Crippen LogP contribution in [-0.2, 0) is 0 Å². The van der Waals surface area contributed by atoms with Gasteiger partial charge in [0, 0.05) is 58.9 Å². The highest BCUT2D eigenvalue weighted by Gasteiger charge is 2.22. The number of anilines is 3. The van der Waals surface area contributed by atoms with Gasteiger partial charge in [0.1, 0.15) is 11.9 Å². The fraction of sp³-hybridized carbons (Fsp3) is 0.476. The van der Waals surface area contributed by atoms with E-state index >= 15 is 0 Å². The molecule has 2 aliphatic rings. The van der Waals surface area contributed by atoms with Crippen LogP contribution in [0.15, 0.2) is 30.3 Å². The van der Waals surface area contributed by atoms with E-state index in [0.29, 0.717) is 5.56 Å². The SMILES string of the molecule is N#Cc1cc(F)ccc1N1CCN(c2ccc(N3CCN(CCO)CC3)nn2)CC1. The van der Waals surface area contributed by atoms with Gasteiger partial charge in [-0.25, -0.2) is 4.39 Å². The second-order valence-corrected chi connectivity index (χ2v) is 7.55. The fourth-order valence-electron chi connectivity index (χ4n) is 4.05. The van der Waals surface area contributed by atoms with Gasteiger partial charge in [0.25, 0.3) is 0 Å². The average Bonchev–Trinajstić information content (AvgIpc) is 2.80. The largest absolute Gasteiger partial charge is 0.395 e. The Labute approximate surface area is 175 Å². The minimum absolute atomic E-state index is 0.195. The number of hydrogen-bond acceptors (Lipinski definition) is 8. The minimum Gasteiger partial charge on any atom is -0.395 e. The van der Waals surface area contributed by atoms with Crippen LogP contribution in [0.2, 0.25) is 0 Å². The Kier molecular flexibility index (Phi) is 6.26. The highest BCUT2D eigenvalue weighted by Crippen LogP contribution is 2.24. The number of hydrogen-bond donors (Lipinski definition) is 1. The molecule has 2 aromatic rings. The Morgan fingerprint density at radius 1 is 0.867 bits per heavy atom. The molecule has 1 N–H and O–H groups in total. The molecule has 9 heteroatoms. The first kappa shape index (κ1) is 20.3. The van der Waals surface area contributed by atoms with Crippen molar-refractivity contribution in [1.82, 2.24) is 15.1 Å². The van der Waals surface area contributed by atoms with Crippen LogP contribution >= 0.6 is 0 Å². The van der Waals surface area contributed by atoms with Crippen molar-refractivity contribution in [1.29, 1.82) is 5.26 Å². The number of rotatable bonds is 5. The topological polar surface area (TPSA) is 82.8 Å². The summed E-state index contributed by atoms with van der Waals surface area (Å²) in [4.78, 5) is 8.77. The Hall–Kier alpha value is -2.96. The highest BCUT2D eigenvalue weighted by molar-refractivity contribution is 5.60. The molecular weight excluding hydrogens is 385 g/mol. The summed E-state index contributed by atoms with van der Waals surface area (Å²) in [5, 5.41) is 27.2. The summed E-state index contributed by atoms with van der Waals surface area (Å²) in [6.45, 7) is 7.50. The highest BCUT2D eigenvalue weighted by atomic mass is 19.1. The maximum absolute atomic E-state index is 13.4. The summed E-state index contributed by atoms with van der Waals surface area (Å²) in [6, 6.07) is 10.5. The van der Waals surface area contributed by atoms with Gasteiger partial charge in [-0.15, -0.1) is 10.2 Å². The molecule has 158 valence electrons. The van der Waals surface area contributed by atoms with Crippen LogP contribution < -0.4 is 14.7 Å². The van der Waals surface area contributed by atoms with Crippen molar-refractivity contribution in [3.8, 4) is 6.07 Å². The molecule has 4 rings (SSSR count). The smallest absolute Gasteiger partial charge is 0.151 e. The Bertz CT molecular complexity index is 885. The lowest BCUT2D eigenvalue weighted by atomic mass is 10.1. The number of benzene rings is 1. The maximum atomic E-state index is 13.4. The third kappa shape index (κ3) is 4.45. The molecule has 30 heavy (non-hydrogen) atoms. The summed E-state index contributed by atoms with van der Waals surface area (Å²) in [5.41, 5.74) is 1.15. The lowest BCUT2D eigenvalue weighted by Gasteiger charge is -2.37. The van der Waals surface area contributed by atoms with Gasteiger partial charge in [-0.05, 0) is 30.3 Å². The quantitative estimate of drug-likeness (QED) is 0.778. The fourth-order valence-corrected chi connectivity index (χ4v) is 4.05. The minimum atomic E-state index is -0.390. The van der Waals surface area contributed by atoms with Crippen molar-refractivity contribution in [2.45, 2.75) is 0 Å². The van der Waals surface area contributed by atoms with Gasteiger partial charge < -0.3 is 19.8 Å². The zero-order chi connectivity index (χ0) is 20.9. The van der Waals surface area contributed by atoms with Gasteiger partial charge in [0.05, 0.1) is 17.9 Å². The molecule has 8 nitrogen and oxygen atoms in total. The molecule has 0 radical (unpaired) electrons. The van der Waals surface area contributed by atoms with E-state index in [1.165, 1.54) is 12.1 Å². The van der Waals surface area contributed by atoms with Crippen molar-refractivity contribution in [2.24, 2.45) is 0 Å². The average molecular weight is 411 g/mol. The first-order chi connectivity index (χ1) is 14.7. The Morgan fingerprint density at radius 2 is 1.43 bits per heavy atom. The molecule has 0 bridgehead atoms. The Balaban J connectivity index is 1.34. The van der Waals surface area contributed by atoms with Crippen LogP contribution in [0.3, 0.4) is 0 Å². The van der Waals surface area contributed by atoms with E-state index in [4.69, 9.17) is 5.11 Å². The molecule has 1 aromatic heterocycles. The van der Waals surface area contributed by atoms with Gasteiger partial charge >= 0.3 is 0 Å². The van der Waals surface area contributed by atoms with Crippen LogP contribution in [0.4, 0.5) is 21.7 Å². The second-order valence-electron chi connectivity index (χ2n) is 7.55. The van der Waals surface area contributed by atoms with E-state index in [9.17, 15) is 9.65 Å². The third-order valence-electron chi connectivity index (χ3n) is 5.77. The summed E-state index contributed by atoms with van der Waals surface area (Å²) in [6.07, 6.45) is 0. The normalized spacial score (nSPS) is 17.8. The number of β-amino-alcohol motifs (C(OH)–C–C–N with tert-alkyl or cyclic N) is 1. The number of aromatic nitrogens is 2. The Morgan fingerprint density at radius 3 is 1.97 bits per heavy atom. The van der Waals surface area contributed by atoms with Gasteiger partial charge in [-0.3, -0.25) is 4.90 Å². The summed E-state index contributed by atoms with van der Waals surface area (Å²) >= 11 is 0. The number of aliphatic hydroxyl groups excluding tert-OH is 1. The van der Waals surface area contributed by atoms with Crippen molar-refractivity contribution in [3.63, 3.8) is 0 Å². The van der Waals surface area contributed by atoms with E-state index < -0.39 is 0 Å². The molecule has 1 aromatic carbocycles. The number of nitriles is 1. The monoisotopic (exact) mass is 411 g/mol. The van der Waals surface area contributed by atoms with Crippen molar-refractivity contribution in [3.05, 3.63) is 41.7 Å². The molecule has 2 saturated heterocycles. The molecule has 0 saturated carbocycles. The van der Waals surface area contributed by atoms with Crippen LogP contribution in [0.25, 0.3) is 0 Å². The number of nitrogens with zero attached hydrogens (tertiary/aromatic N) is 7. The van der Waals surface area contributed by atoms with Crippen molar-refractivity contribution < 1.29 is 9.50 Å². The van der Waals surface area contributed by atoms with Crippen molar-refractivity contribution >= 4 is 17.3 Å². The lowest BCUT2D eigenvalue weighted by Crippen LogP contribution is -2.48. The lowest BCUT2D eigenvalue weighted by molar-refractivity contribution is 0.188. The van der Waals surface area contributed by atoms with Gasteiger partial charge in [-0.1, -0.05) is 0 Å². The maximum Gasteiger partial charge on any atom is 0.151 e. The molecular formula is C21H26FN7O. The summed E-state index contributed by atoms with van der Waals surface area (Å²) in [5.74, 6) is 1.34. The molecule has 0 atom stereocenters. The van der Waals surface area contributed by atoms with Crippen LogP contribution in [0.5, 0.6) is 0 Å². The second kappa shape index (κ2) is 9.24. The van der Waals surface area contributed by atoms with E-state index in [-0.39, 0.29) is 12.4 Å². The van der Waals surface area contributed by atoms with Gasteiger partial charge in [0.15, 0.2) is 11.6 Å². The van der Waals surface area contributed by atoms with Gasteiger partial charge in [-0.2, -0.15) is 5.26 Å². The van der Waals surface area contributed by atoms with Crippen LogP contribution in [0.1, 0.15) is 5.56 Å². The number of piperazine rings is 2. The molecule has 0 aliphatic carbocycles. The summed E-state index contributed by atoms with van der Waals surface area (Å²) in [7, 11) is 0. The zero-order valence-corrected chi connectivity index (χ0v) is 16.9. The number of aliphatic hydroxyl groups is 1. The molecule has 0 amide bonds. The third-order valence-corrected chi connectivity index (χ3v) is 5.77. The van der Waals surface area contributed by atoms with Gasteiger partial charge in [0.2, 0.25) is 0 Å². The summed E-state index contributed by atoms with van der Waals surface area (Å²) < 4.78 is 13.4. The molecule has 3 heterocycles. The predicted molar refractivity (Wildman–Crippen MR) is 113 cm³/mol. The predicted octanol–water partition coefficient (Wildman–Crippen LogP) is 0.928. The first-order valence-electron chi connectivity index (χ1n) is 10.3. The molecule has 2 fully saturated rings. The van der Waals surface area contributed by atoms with E-state index in [1.54, 1.807) is 6.07 Å². The first-order valence-corrected chi connectivity index (χ1v) is 10.3. The van der Waals surface area contributed by atoms with Crippen molar-refractivity contribution in [2.75, 3.05) is 80.2 Å². The van der Waals surface area contributed by atoms with E-state index in [0.717, 1.165) is 76.2 Å².